The van der Waals surface area contributed by atoms with Crippen molar-refractivity contribution in [2.45, 2.75) is 20.8 Å². The first-order valence-electron chi connectivity index (χ1n) is 6.68. The molecule has 0 spiro atoms. The minimum Gasteiger partial charge on any atom is -0.311 e. The molecule has 20 heavy (non-hydrogen) atoms. The Balaban J connectivity index is 5.78. The molecule has 0 aromatic rings. The van der Waals surface area contributed by atoms with Crippen LogP contribution in [0.2, 0.25) is 0 Å². The molecule has 0 unspecified atom stereocenters. The van der Waals surface area contributed by atoms with E-state index in [9.17, 15) is 0 Å². The van der Waals surface area contributed by atoms with Crippen LogP contribution in [0.15, 0.2) is 97.6 Å². The quantitative estimate of drug-likeness (QED) is 0.512. The van der Waals surface area contributed by atoms with Crippen LogP contribution in [0.25, 0.3) is 0 Å². The highest BCUT2D eigenvalue weighted by Gasteiger charge is 2.11. The molecule has 0 atom stereocenters. The third kappa shape index (κ3) is 5.57. The highest BCUT2D eigenvalue weighted by molar-refractivity contribution is 5.38. The van der Waals surface area contributed by atoms with Gasteiger partial charge in [-0.2, -0.15) is 0 Å². The second kappa shape index (κ2) is 10.6. The maximum absolute atomic E-state index is 4.12. The van der Waals surface area contributed by atoms with Crippen LogP contribution in [-0.2, 0) is 0 Å². The number of allylic oxidation sites excluding steroid dienone is 10. The Hall–Kier alpha value is -2.28. The van der Waals surface area contributed by atoms with Gasteiger partial charge in [0.15, 0.2) is 0 Å². The SMILES string of the molecule is C=C/C=C\C(=C)N(/C(C=C)=C/C=C\C)C(/C=C\C)=C/C. The summed E-state index contributed by atoms with van der Waals surface area (Å²) in [4.78, 5) is 2.05. The predicted octanol–water partition coefficient (Wildman–Crippen LogP) is 5.67. The molecule has 0 aromatic heterocycles. The molecule has 0 saturated heterocycles. The minimum absolute atomic E-state index is 0.853. The third-order valence-electron chi connectivity index (χ3n) is 2.53. The number of hydrogen-bond donors (Lipinski definition) is 0. The highest BCUT2D eigenvalue weighted by Crippen LogP contribution is 2.22. The molecule has 106 valence electrons. The van der Waals surface area contributed by atoms with E-state index >= 15 is 0 Å². The standard InChI is InChI=1S/C19H25N/c1-7-12-15-17(6)20(18(10-4)14-9-3)19(11-5)16-13-8-2/h7-16H,1,5-6H2,2-4H3/b13-8-,14-9-,15-12-,18-10+,19-16+. The molecule has 0 fully saturated rings. The number of nitrogens with zero attached hydrogens (tertiary/aromatic N) is 1. The van der Waals surface area contributed by atoms with Gasteiger partial charge in [0.1, 0.15) is 0 Å². The summed E-state index contributed by atoms with van der Waals surface area (Å²) in [5, 5.41) is 0. The Kier molecular flexibility index (Phi) is 9.41. The first kappa shape index (κ1) is 17.7. The van der Waals surface area contributed by atoms with Crippen molar-refractivity contribution < 1.29 is 0 Å². The lowest BCUT2D eigenvalue weighted by molar-refractivity contribution is 0.579. The van der Waals surface area contributed by atoms with Crippen LogP contribution in [0.4, 0.5) is 0 Å². The summed E-state index contributed by atoms with van der Waals surface area (Å²) in [5.74, 6) is 0. The molecular formula is C19H25N. The van der Waals surface area contributed by atoms with Gasteiger partial charge in [-0.05, 0) is 45.1 Å². The fourth-order valence-electron chi connectivity index (χ4n) is 1.63. The number of rotatable bonds is 8. The maximum atomic E-state index is 4.12. The molecular weight excluding hydrogens is 242 g/mol. The fourth-order valence-corrected chi connectivity index (χ4v) is 1.63. The van der Waals surface area contributed by atoms with Gasteiger partial charge in [-0.1, -0.05) is 56.2 Å². The van der Waals surface area contributed by atoms with Gasteiger partial charge in [-0.15, -0.1) is 0 Å². The Morgan fingerprint density at radius 3 is 2.05 bits per heavy atom. The lowest BCUT2D eigenvalue weighted by atomic mass is 10.2. The summed E-state index contributed by atoms with van der Waals surface area (Å²) in [6.45, 7) is 17.7. The van der Waals surface area contributed by atoms with Gasteiger partial charge in [0.25, 0.3) is 0 Å². The summed E-state index contributed by atoms with van der Waals surface area (Å²) in [6.07, 6.45) is 19.4. The monoisotopic (exact) mass is 267 g/mol. The molecule has 0 rings (SSSR count). The average Bonchev–Trinajstić information content (AvgIpc) is 2.47. The summed E-state index contributed by atoms with van der Waals surface area (Å²) in [7, 11) is 0. The van der Waals surface area contributed by atoms with E-state index in [1.807, 2.05) is 80.4 Å². The molecule has 1 nitrogen and oxygen atoms in total. The lowest BCUT2D eigenvalue weighted by Gasteiger charge is -2.27. The van der Waals surface area contributed by atoms with Gasteiger partial charge >= 0.3 is 0 Å². The molecule has 0 aromatic carbocycles. The van der Waals surface area contributed by atoms with Crippen molar-refractivity contribution in [1.82, 2.24) is 4.90 Å². The average molecular weight is 267 g/mol. The van der Waals surface area contributed by atoms with E-state index in [0.29, 0.717) is 0 Å². The molecule has 1 heteroatoms. The van der Waals surface area contributed by atoms with E-state index in [2.05, 4.69) is 19.7 Å². The van der Waals surface area contributed by atoms with Gasteiger partial charge in [0, 0.05) is 17.1 Å². The van der Waals surface area contributed by atoms with Gasteiger partial charge in [0.05, 0.1) is 0 Å². The molecule has 0 saturated carbocycles. The third-order valence-corrected chi connectivity index (χ3v) is 2.53. The Morgan fingerprint density at radius 2 is 1.60 bits per heavy atom. The molecule has 0 amide bonds. The van der Waals surface area contributed by atoms with Gasteiger partial charge in [-0.3, -0.25) is 0 Å². The molecule has 0 aliphatic carbocycles. The fraction of sp³-hybridized carbons (Fsp3) is 0.158. The van der Waals surface area contributed by atoms with E-state index in [1.54, 1.807) is 6.08 Å². The minimum atomic E-state index is 0.853. The van der Waals surface area contributed by atoms with E-state index < -0.39 is 0 Å². The molecule has 0 bridgehead atoms. The van der Waals surface area contributed by atoms with Crippen LogP contribution in [0.5, 0.6) is 0 Å². The topological polar surface area (TPSA) is 3.24 Å². The largest absolute Gasteiger partial charge is 0.311 e. The molecule has 0 N–H and O–H groups in total. The van der Waals surface area contributed by atoms with Crippen molar-refractivity contribution in [3.05, 3.63) is 97.6 Å². The van der Waals surface area contributed by atoms with Crippen LogP contribution in [-0.4, -0.2) is 4.90 Å². The van der Waals surface area contributed by atoms with Gasteiger partial charge in [0.2, 0.25) is 0 Å². The molecule has 0 aliphatic rings. The van der Waals surface area contributed by atoms with E-state index in [1.165, 1.54) is 0 Å². The van der Waals surface area contributed by atoms with Gasteiger partial charge < -0.3 is 4.90 Å². The second-order valence-corrected chi connectivity index (χ2v) is 3.96. The second-order valence-electron chi connectivity index (χ2n) is 3.96. The summed E-state index contributed by atoms with van der Waals surface area (Å²) >= 11 is 0. The predicted molar refractivity (Wildman–Crippen MR) is 92.0 cm³/mol. The van der Waals surface area contributed by atoms with E-state index in [-0.39, 0.29) is 0 Å². The van der Waals surface area contributed by atoms with Crippen molar-refractivity contribution in [3.63, 3.8) is 0 Å². The summed E-state index contributed by atoms with van der Waals surface area (Å²) in [5.41, 5.74) is 2.86. The van der Waals surface area contributed by atoms with Crippen molar-refractivity contribution >= 4 is 0 Å². The zero-order valence-electron chi connectivity index (χ0n) is 12.8. The Morgan fingerprint density at radius 1 is 0.900 bits per heavy atom. The van der Waals surface area contributed by atoms with E-state index in [4.69, 9.17) is 0 Å². The highest BCUT2D eigenvalue weighted by atomic mass is 15.2. The van der Waals surface area contributed by atoms with Crippen molar-refractivity contribution in [1.29, 1.82) is 0 Å². The number of hydrogen-bond acceptors (Lipinski definition) is 1. The van der Waals surface area contributed by atoms with Crippen LogP contribution < -0.4 is 0 Å². The van der Waals surface area contributed by atoms with E-state index in [0.717, 1.165) is 17.1 Å². The molecule has 0 radical (unpaired) electrons. The Labute approximate surface area is 124 Å². The van der Waals surface area contributed by atoms with Crippen molar-refractivity contribution in [3.8, 4) is 0 Å². The normalized spacial score (nSPS) is 13.3. The van der Waals surface area contributed by atoms with Crippen LogP contribution >= 0.6 is 0 Å². The summed E-state index contributed by atoms with van der Waals surface area (Å²) in [6, 6.07) is 0. The smallest absolute Gasteiger partial charge is 0.0455 e. The zero-order valence-corrected chi connectivity index (χ0v) is 12.8. The lowest BCUT2D eigenvalue weighted by Crippen LogP contribution is -2.18. The van der Waals surface area contributed by atoms with Crippen LogP contribution in [0, 0.1) is 0 Å². The van der Waals surface area contributed by atoms with Crippen LogP contribution in [0.1, 0.15) is 20.8 Å². The maximum Gasteiger partial charge on any atom is 0.0455 e. The summed E-state index contributed by atoms with van der Waals surface area (Å²) < 4.78 is 0. The van der Waals surface area contributed by atoms with Gasteiger partial charge in [-0.25, -0.2) is 0 Å². The zero-order chi connectivity index (χ0) is 15.4. The van der Waals surface area contributed by atoms with Crippen LogP contribution in [0.3, 0.4) is 0 Å². The first-order chi connectivity index (χ1) is 9.65. The molecule has 0 aliphatic heterocycles. The molecule has 0 heterocycles. The van der Waals surface area contributed by atoms with Crippen molar-refractivity contribution in [2.24, 2.45) is 0 Å². The Bertz CT molecular complexity index is 482. The van der Waals surface area contributed by atoms with Crippen molar-refractivity contribution in [2.75, 3.05) is 0 Å². The first-order valence-corrected chi connectivity index (χ1v) is 6.68.